The molecule has 106 valence electrons. The quantitative estimate of drug-likeness (QED) is 0.629. The Labute approximate surface area is 130 Å². The van der Waals surface area contributed by atoms with E-state index >= 15 is 0 Å². The molecular formula is C17H15NO2Se. The Morgan fingerprint density at radius 2 is 1.43 bits per heavy atom. The van der Waals surface area contributed by atoms with Crippen molar-refractivity contribution in [2.24, 2.45) is 0 Å². The summed E-state index contributed by atoms with van der Waals surface area (Å²) in [4.78, 5) is 26.3. The predicted octanol–water partition coefficient (Wildman–Crippen LogP) is 2.12. The van der Waals surface area contributed by atoms with Gasteiger partial charge in [0.1, 0.15) is 0 Å². The molecule has 1 aliphatic heterocycles. The van der Waals surface area contributed by atoms with Gasteiger partial charge in [0.05, 0.1) is 0 Å². The van der Waals surface area contributed by atoms with Gasteiger partial charge in [-0.05, 0) is 0 Å². The van der Waals surface area contributed by atoms with Crippen molar-refractivity contribution in [3.8, 4) is 0 Å². The molecule has 0 radical (unpaired) electrons. The van der Waals surface area contributed by atoms with E-state index in [4.69, 9.17) is 0 Å². The van der Waals surface area contributed by atoms with Crippen LogP contribution in [-0.2, 0) is 0 Å². The molecule has 1 heterocycles. The monoisotopic (exact) mass is 345 g/mol. The van der Waals surface area contributed by atoms with E-state index in [0.29, 0.717) is 22.5 Å². The SMILES string of the molecule is CC(CN1C(=O)c2ccccc2C1=O)[Se]c1ccccc1. The molecule has 0 saturated heterocycles. The Balaban J connectivity index is 1.72. The zero-order valence-electron chi connectivity index (χ0n) is 11.7. The number of carbonyl (C=O) groups is 2. The van der Waals surface area contributed by atoms with E-state index in [0.717, 1.165) is 0 Å². The molecule has 3 nitrogen and oxygen atoms in total. The van der Waals surface area contributed by atoms with Gasteiger partial charge in [0.25, 0.3) is 0 Å². The molecule has 21 heavy (non-hydrogen) atoms. The third-order valence-corrected chi connectivity index (χ3v) is 5.70. The Hall–Kier alpha value is -1.90. The molecule has 0 spiro atoms. The van der Waals surface area contributed by atoms with Crippen molar-refractivity contribution in [3.05, 3.63) is 65.7 Å². The normalized spacial score (nSPS) is 15.2. The van der Waals surface area contributed by atoms with Crippen molar-refractivity contribution in [2.45, 2.75) is 11.7 Å². The summed E-state index contributed by atoms with van der Waals surface area (Å²) >= 11 is 0.247. The van der Waals surface area contributed by atoms with E-state index in [9.17, 15) is 9.59 Å². The van der Waals surface area contributed by atoms with Crippen LogP contribution in [0.2, 0.25) is 4.82 Å². The molecule has 3 rings (SSSR count). The molecule has 1 atom stereocenters. The number of rotatable bonds is 4. The molecule has 0 aliphatic carbocycles. The first-order valence-corrected chi connectivity index (χ1v) is 8.68. The molecule has 2 aromatic carbocycles. The summed E-state index contributed by atoms with van der Waals surface area (Å²) in [6.45, 7) is 2.58. The van der Waals surface area contributed by atoms with Crippen LogP contribution in [0.5, 0.6) is 0 Å². The fourth-order valence-corrected chi connectivity index (χ4v) is 4.53. The number of benzene rings is 2. The summed E-state index contributed by atoms with van der Waals surface area (Å²) in [5.74, 6) is -0.322. The van der Waals surface area contributed by atoms with Crippen molar-refractivity contribution in [1.29, 1.82) is 0 Å². The molecule has 2 amide bonds. The van der Waals surface area contributed by atoms with E-state index in [2.05, 4.69) is 19.1 Å². The number of fused-ring (bicyclic) bond motifs is 1. The summed E-state index contributed by atoms with van der Waals surface area (Å²) in [6.07, 6.45) is 0. The van der Waals surface area contributed by atoms with Gasteiger partial charge in [0.2, 0.25) is 0 Å². The van der Waals surface area contributed by atoms with Crippen LogP contribution in [0.1, 0.15) is 27.6 Å². The molecule has 0 N–H and O–H groups in total. The Bertz CT molecular complexity index is 649. The minimum atomic E-state index is -0.161. The molecule has 0 saturated carbocycles. The average Bonchev–Trinajstić information content (AvgIpc) is 2.74. The molecule has 1 unspecified atom stereocenters. The third kappa shape index (κ3) is 2.78. The van der Waals surface area contributed by atoms with Gasteiger partial charge in [0.15, 0.2) is 0 Å². The van der Waals surface area contributed by atoms with Crippen LogP contribution in [0.3, 0.4) is 0 Å². The molecule has 0 fully saturated rings. The standard InChI is InChI=1S/C17H15NO2Se/c1-12(21-13-7-3-2-4-8-13)11-18-16(19)14-9-5-6-10-15(14)17(18)20/h2-10,12H,11H2,1H3. The van der Waals surface area contributed by atoms with Gasteiger partial charge >= 0.3 is 130 Å². The molecule has 1 aliphatic rings. The first-order valence-electron chi connectivity index (χ1n) is 6.84. The maximum absolute atomic E-state index is 12.3. The van der Waals surface area contributed by atoms with Gasteiger partial charge in [-0.3, -0.25) is 0 Å². The number of hydrogen-bond acceptors (Lipinski definition) is 2. The topological polar surface area (TPSA) is 37.4 Å². The first kappa shape index (κ1) is 14.1. The first-order chi connectivity index (χ1) is 10.2. The number of hydrogen-bond donors (Lipinski definition) is 0. The number of nitrogens with zero attached hydrogens (tertiary/aromatic N) is 1. The zero-order chi connectivity index (χ0) is 14.8. The average molecular weight is 344 g/mol. The van der Waals surface area contributed by atoms with E-state index in [1.54, 1.807) is 24.3 Å². The molecule has 0 bridgehead atoms. The van der Waals surface area contributed by atoms with Crippen LogP contribution in [-0.4, -0.2) is 38.2 Å². The molecule has 2 aromatic rings. The van der Waals surface area contributed by atoms with Crippen molar-refractivity contribution < 1.29 is 9.59 Å². The second kappa shape index (κ2) is 5.84. The van der Waals surface area contributed by atoms with Crippen molar-refractivity contribution in [2.75, 3.05) is 6.54 Å². The van der Waals surface area contributed by atoms with Gasteiger partial charge in [-0.1, -0.05) is 0 Å². The van der Waals surface area contributed by atoms with Gasteiger partial charge in [-0.25, -0.2) is 0 Å². The summed E-state index contributed by atoms with van der Waals surface area (Å²) in [5.41, 5.74) is 1.06. The number of amides is 2. The maximum atomic E-state index is 12.3. The van der Waals surface area contributed by atoms with Crippen molar-refractivity contribution in [3.63, 3.8) is 0 Å². The van der Waals surface area contributed by atoms with Crippen LogP contribution in [0, 0.1) is 0 Å². The van der Waals surface area contributed by atoms with Crippen LogP contribution in [0.4, 0.5) is 0 Å². The van der Waals surface area contributed by atoms with Crippen molar-refractivity contribution in [1.82, 2.24) is 4.90 Å². The van der Waals surface area contributed by atoms with Gasteiger partial charge in [-0.2, -0.15) is 0 Å². The van der Waals surface area contributed by atoms with E-state index in [1.807, 2.05) is 18.2 Å². The summed E-state index contributed by atoms with van der Waals surface area (Å²) < 4.78 is 1.29. The van der Waals surface area contributed by atoms with Crippen molar-refractivity contribution >= 4 is 31.2 Å². The number of carbonyl (C=O) groups excluding carboxylic acids is 2. The Morgan fingerprint density at radius 1 is 0.905 bits per heavy atom. The van der Waals surface area contributed by atoms with E-state index in [1.165, 1.54) is 9.36 Å². The number of imide groups is 1. The summed E-state index contributed by atoms with van der Waals surface area (Å²) in [7, 11) is 0. The predicted molar refractivity (Wildman–Crippen MR) is 83.1 cm³/mol. The second-order valence-corrected chi connectivity index (χ2v) is 8.18. The molecular weight excluding hydrogens is 329 g/mol. The minimum absolute atomic E-state index is 0.161. The van der Waals surface area contributed by atoms with Gasteiger partial charge < -0.3 is 0 Å². The van der Waals surface area contributed by atoms with Crippen LogP contribution in [0.25, 0.3) is 0 Å². The third-order valence-electron chi connectivity index (χ3n) is 3.40. The van der Waals surface area contributed by atoms with Crippen LogP contribution >= 0.6 is 0 Å². The Kier molecular flexibility index (Phi) is 3.91. The zero-order valence-corrected chi connectivity index (χ0v) is 13.4. The van der Waals surface area contributed by atoms with Gasteiger partial charge in [0, 0.05) is 0 Å². The second-order valence-electron chi connectivity index (χ2n) is 5.01. The van der Waals surface area contributed by atoms with E-state index < -0.39 is 0 Å². The van der Waals surface area contributed by atoms with Crippen LogP contribution in [0.15, 0.2) is 54.6 Å². The van der Waals surface area contributed by atoms with Gasteiger partial charge in [-0.15, -0.1) is 0 Å². The molecule has 0 aromatic heterocycles. The fraction of sp³-hybridized carbons (Fsp3) is 0.176. The fourth-order valence-electron chi connectivity index (χ4n) is 2.43. The van der Waals surface area contributed by atoms with E-state index in [-0.39, 0.29) is 26.8 Å². The summed E-state index contributed by atoms with van der Waals surface area (Å²) in [6, 6.07) is 17.3. The summed E-state index contributed by atoms with van der Waals surface area (Å²) in [5, 5.41) is 0. The van der Waals surface area contributed by atoms with Crippen LogP contribution < -0.4 is 4.46 Å². The Morgan fingerprint density at radius 3 is 2.00 bits per heavy atom. The molecule has 4 heteroatoms.